The summed E-state index contributed by atoms with van der Waals surface area (Å²) in [4.78, 5) is 0. The molecule has 1 nitrogen and oxygen atoms in total. The molecule has 1 N–H and O–H groups in total. The monoisotopic (exact) mass is 111 g/mol. The number of nitrogens with one attached hydrogen (secondary N) is 1. The van der Waals surface area contributed by atoms with E-state index in [9.17, 15) is 0 Å². The van der Waals surface area contributed by atoms with Crippen LogP contribution in [0.3, 0.4) is 0 Å². The highest BCUT2D eigenvalue weighted by Gasteiger charge is 2.46. The van der Waals surface area contributed by atoms with E-state index in [0.717, 1.165) is 11.3 Å². The highest BCUT2D eigenvalue weighted by Crippen LogP contribution is 2.52. The second kappa shape index (κ2) is 1.27. The summed E-state index contributed by atoms with van der Waals surface area (Å²) in [5, 5.41) is 3.31. The molecule has 1 heterocycles. The van der Waals surface area contributed by atoms with Crippen LogP contribution >= 0.6 is 0 Å². The third-order valence-electron chi connectivity index (χ3n) is 2.81. The summed E-state index contributed by atoms with van der Waals surface area (Å²) in [7, 11) is 0. The van der Waals surface area contributed by atoms with Crippen LogP contribution in [0.25, 0.3) is 0 Å². The third-order valence-corrected chi connectivity index (χ3v) is 2.81. The second-order valence-electron chi connectivity index (χ2n) is 3.51. The van der Waals surface area contributed by atoms with E-state index in [1.165, 1.54) is 25.9 Å². The summed E-state index contributed by atoms with van der Waals surface area (Å²) < 4.78 is 0. The smallest absolute Gasteiger partial charge is 0.000302 e. The zero-order chi connectivity index (χ0) is 5.61. The molecule has 0 atom stereocenters. The van der Waals surface area contributed by atoms with Crippen LogP contribution in [-0.4, -0.2) is 13.1 Å². The molecule has 0 aromatic rings. The Labute approximate surface area is 50.5 Å². The molecule has 1 saturated heterocycles. The Balaban J connectivity index is 1.95. The predicted molar refractivity (Wildman–Crippen MR) is 33.7 cm³/mol. The van der Waals surface area contributed by atoms with Gasteiger partial charge in [-0.1, -0.05) is 6.92 Å². The van der Waals surface area contributed by atoms with Crippen molar-refractivity contribution in [3.8, 4) is 0 Å². The summed E-state index contributed by atoms with van der Waals surface area (Å²) in [6, 6.07) is 0. The molecule has 0 unspecified atom stereocenters. The van der Waals surface area contributed by atoms with Crippen LogP contribution in [0.15, 0.2) is 0 Å². The molecular weight excluding hydrogens is 98.1 g/mol. The highest BCUT2D eigenvalue weighted by molar-refractivity contribution is 4.99. The molecule has 2 rings (SSSR count). The van der Waals surface area contributed by atoms with Crippen molar-refractivity contribution in [3.05, 3.63) is 0 Å². The number of hydrogen-bond acceptors (Lipinski definition) is 1. The van der Waals surface area contributed by atoms with Crippen LogP contribution in [0.5, 0.6) is 0 Å². The standard InChI is InChI=1S/C7H13N/c1-7(2-3-7)6-4-8-5-6/h6,8H,2-5H2,1H3. The van der Waals surface area contributed by atoms with Gasteiger partial charge in [-0.15, -0.1) is 0 Å². The minimum atomic E-state index is 0.783. The molecule has 1 saturated carbocycles. The van der Waals surface area contributed by atoms with Crippen molar-refractivity contribution in [2.24, 2.45) is 11.3 Å². The van der Waals surface area contributed by atoms with E-state index in [1.54, 1.807) is 0 Å². The van der Waals surface area contributed by atoms with Crippen LogP contribution in [0.2, 0.25) is 0 Å². The Morgan fingerprint density at radius 3 is 2.12 bits per heavy atom. The maximum atomic E-state index is 3.31. The zero-order valence-corrected chi connectivity index (χ0v) is 5.41. The first kappa shape index (κ1) is 4.80. The zero-order valence-electron chi connectivity index (χ0n) is 5.41. The van der Waals surface area contributed by atoms with Gasteiger partial charge in [0.25, 0.3) is 0 Å². The van der Waals surface area contributed by atoms with E-state index in [4.69, 9.17) is 0 Å². The summed E-state index contributed by atoms with van der Waals surface area (Å²) in [5.74, 6) is 1.03. The van der Waals surface area contributed by atoms with Crippen molar-refractivity contribution in [2.75, 3.05) is 13.1 Å². The van der Waals surface area contributed by atoms with E-state index in [0.29, 0.717) is 0 Å². The average molecular weight is 111 g/mol. The summed E-state index contributed by atoms with van der Waals surface area (Å²) in [6.45, 7) is 4.99. The molecular formula is C7H13N. The third kappa shape index (κ3) is 0.510. The Bertz CT molecular complexity index is 101. The topological polar surface area (TPSA) is 12.0 Å². The Morgan fingerprint density at radius 2 is 2.00 bits per heavy atom. The SMILES string of the molecule is CC1(C2CNC2)CC1. The van der Waals surface area contributed by atoms with Gasteiger partial charge in [0.15, 0.2) is 0 Å². The molecule has 0 aromatic carbocycles. The molecule has 0 radical (unpaired) electrons. The summed E-state index contributed by atoms with van der Waals surface area (Å²) in [5.41, 5.74) is 0.783. The molecule has 1 aliphatic heterocycles. The molecule has 1 heteroatoms. The minimum Gasteiger partial charge on any atom is -0.316 e. The van der Waals surface area contributed by atoms with Gasteiger partial charge in [0.05, 0.1) is 0 Å². The van der Waals surface area contributed by atoms with Gasteiger partial charge in [0.2, 0.25) is 0 Å². The lowest BCUT2D eigenvalue weighted by Gasteiger charge is -2.32. The molecule has 0 spiro atoms. The van der Waals surface area contributed by atoms with Crippen molar-refractivity contribution in [3.63, 3.8) is 0 Å². The lowest BCUT2D eigenvalue weighted by molar-refractivity contribution is 0.230. The fourth-order valence-corrected chi connectivity index (χ4v) is 1.39. The van der Waals surface area contributed by atoms with Crippen molar-refractivity contribution in [1.82, 2.24) is 5.32 Å². The Hall–Kier alpha value is -0.0400. The Kier molecular flexibility index (Phi) is 0.762. The van der Waals surface area contributed by atoms with Gasteiger partial charge in [-0.25, -0.2) is 0 Å². The van der Waals surface area contributed by atoms with Gasteiger partial charge >= 0.3 is 0 Å². The molecule has 1 aliphatic carbocycles. The van der Waals surface area contributed by atoms with Crippen molar-refractivity contribution >= 4 is 0 Å². The van der Waals surface area contributed by atoms with Crippen molar-refractivity contribution in [2.45, 2.75) is 19.8 Å². The molecule has 0 amide bonds. The molecule has 0 bridgehead atoms. The van der Waals surface area contributed by atoms with Gasteiger partial charge in [-0.3, -0.25) is 0 Å². The fraction of sp³-hybridized carbons (Fsp3) is 1.00. The van der Waals surface area contributed by atoms with Crippen LogP contribution in [-0.2, 0) is 0 Å². The van der Waals surface area contributed by atoms with E-state index < -0.39 is 0 Å². The van der Waals surface area contributed by atoms with Crippen LogP contribution in [0.1, 0.15) is 19.8 Å². The van der Waals surface area contributed by atoms with Gasteiger partial charge in [-0.2, -0.15) is 0 Å². The first-order valence-electron chi connectivity index (χ1n) is 3.52. The first-order valence-corrected chi connectivity index (χ1v) is 3.52. The van der Waals surface area contributed by atoms with Crippen LogP contribution in [0, 0.1) is 11.3 Å². The van der Waals surface area contributed by atoms with Gasteiger partial charge in [0, 0.05) is 0 Å². The normalized spacial score (nSPS) is 34.1. The predicted octanol–water partition coefficient (Wildman–Crippen LogP) is 1.01. The number of rotatable bonds is 1. The fourth-order valence-electron chi connectivity index (χ4n) is 1.39. The molecule has 2 fully saturated rings. The number of hydrogen-bond donors (Lipinski definition) is 1. The van der Waals surface area contributed by atoms with Gasteiger partial charge < -0.3 is 5.32 Å². The highest BCUT2D eigenvalue weighted by atomic mass is 15.0. The maximum Gasteiger partial charge on any atom is -0.000302 e. The van der Waals surface area contributed by atoms with Gasteiger partial charge in [-0.05, 0) is 37.3 Å². The molecule has 0 aromatic heterocycles. The van der Waals surface area contributed by atoms with E-state index in [1.807, 2.05) is 0 Å². The van der Waals surface area contributed by atoms with E-state index in [2.05, 4.69) is 12.2 Å². The van der Waals surface area contributed by atoms with E-state index >= 15 is 0 Å². The first-order chi connectivity index (χ1) is 3.81. The molecule has 2 aliphatic rings. The summed E-state index contributed by atoms with van der Waals surface area (Å²) in [6.07, 6.45) is 2.97. The van der Waals surface area contributed by atoms with E-state index in [-0.39, 0.29) is 0 Å². The summed E-state index contributed by atoms with van der Waals surface area (Å²) >= 11 is 0. The quantitative estimate of drug-likeness (QED) is 0.532. The Morgan fingerprint density at radius 1 is 1.38 bits per heavy atom. The second-order valence-corrected chi connectivity index (χ2v) is 3.51. The van der Waals surface area contributed by atoms with Crippen LogP contribution < -0.4 is 5.32 Å². The lowest BCUT2D eigenvalue weighted by atomic mass is 9.86. The molecule has 46 valence electrons. The minimum absolute atomic E-state index is 0.783. The maximum absolute atomic E-state index is 3.31. The largest absolute Gasteiger partial charge is 0.316 e. The van der Waals surface area contributed by atoms with Crippen molar-refractivity contribution in [1.29, 1.82) is 0 Å². The average Bonchev–Trinajstić information content (AvgIpc) is 2.12. The molecule has 8 heavy (non-hydrogen) atoms. The lowest BCUT2D eigenvalue weighted by Crippen LogP contribution is -2.46. The van der Waals surface area contributed by atoms with Gasteiger partial charge in [0.1, 0.15) is 0 Å². The van der Waals surface area contributed by atoms with Crippen LogP contribution in [0.4, 0.5) is 0 Å². The van der Waals surface area contributed by atoms with Crippen molar-refractivity contribution < 1.29 is 0 Å².